The van der Waals surface area contributed by atoms with Crippen LogP contribution in [0.1, 0.15) is 12.8 Å². The second-order valence-corrected chi connectivity index (χ2v) is 5.06. The van der Waals surface area contributed by atoms with E-state index in [9.17, 15) is 18.0 Å². The topological polar surface area (TPSA) is 55.8 Å². The highest BCUT2D eigenvalue weighted by molar-refractivity contribution is 5.78. The molecule has 5 nitrogen and oxygen atoms in total. The smallest absolute Gasteiger partial charge is 0.395 e. The van der Waals surface area contributed by atoms with Gasteiger partial charge in [-0.2, -0.15) is 13.2 Å². The molecule has 0 unspecified atom stereocenters. The maximum absolute atomic E-state index is 12.0. The lowest BCUT2D eigenvalue weighted by molar-refractivity contribution is -0.137. The van der Waals surface area contributed by atoms with Gasteiger partial charge in [-0.1, -0.05) is 0 Å². The van der Waals surface area contributed by atoms with Crippen molar-refractivity contribution in [2.75, 3.05) is 46.4 Å². The van der Waals surface area contributed by atoms with Gasteiger partial charge in [0.05, 0.1) is 19.7 Å². The minimum Gasteiger partial charge on any atom is -0.395 e. The van der Waals surface area contributed by atoms with Crippen LogP contribution in [0.5, 0.6) is 0 Å². The SMILES string of the molecule is CN1CCC(N(CCO)C(=O)CNCC(F)(F)F)CC1. The average molecular weight is 297 g/mol. The highest BCUT2D eigenvalue weighted by Gasteiger charge is 2.29. The normalized spacial score (nSPS) is 18.2. The average Bonchev–Trinajstić information content (AvgIpc) is 2.35. The standard InChI is InChI=1S/C12H22F3N3O2/c1-17-4-2-10(3-5-17)18(6-7-19)11(20)8-16-9-12(13,14)15/h10,16,19H,2-9H2,1H3. The van der Waals surface area contributed by atoms with Crippen LogP contribution in [0.15, 0.2) is 0 Å². The van der Waals surface area contributed by atoms with Gasteiger partial charge in [0.2, 0.25) is 5.91 Å². The van der Waals surface area contributed by atoms with E-state index in [-0.39, 0.29) is 25.7 Å². The lowest BCUT2D eigenvalue weighted by Crippen LogP contribution is -2.50. The van der Waals surface area contributed by atoms with E-state index >= 15 is 0 Å². The molecule has 20 heavy (non-hydrogen) atoms. The Hall–Kier alpha value is -0.860. The van der Waals surface area contributed by atoms with Gasteiger partial charge in [0.25, 0.3) is 0 Å². The number of hydrogen-bond acceptors (Lipinski definition) is 4. The van der Waals surface area contributed by atoms with Crippen LogP contribution < -0.4 is 5.32 Å². The molecule has 0 aromatic carbocycles. The van der Waals surface area contributed by atoms with Crippen LogP contribution in [0.4, 0.5) is 13.2 Å². The summed E-state index contributed by atoms with van der Waals surface area (Å²) in [6.45, 7) is 0.134. The van der Waals surface area contributed by atoms with Gasteiger partial charge >= 0.3 is 6.18 Å². The molecule has 0 aliphatic carbocycles. The molecule has 0 atom stereocenters. The lowest BCUT2D eigenvalue weighted by Gasteiger charge is -2.37. The van der Waals surface area contributed by atoms with E-state index in [0.717, 1.165) is 25.9 Å². The number of carbonyl (C=O) groups excluding carboxylic acids is 1. The van der Waals surface area contributed by atoms with E-state index in [1.165, 1.54) is 4.90 Å². The quantitative estimate of drug-likeness (QED) is 0.727. The van der Waals surface area contributed by atoms with E-state index < -0.39 is 18.6 Å². The molecule has 1 rings (SSSR count). The van der Waals surface area contributed by atoms with Gasteiger partial charge in [0.15, 0.2) is 0 Å². The van der Waals surface area contributed by atoms with Gasteiger partial charge in [0.1, 0.15) is 0 Å². The summed E-state index contributed by atoms with van der Waals surface area (Å²) in [5.41, 5.74) is 0. The predicted molar refractivity (Wildman–Crippen MR) is 68.2 cm³/mol. The third-order valence-electron chi connectivity index (χ3n) is 3.39. The summed E-state index contributed by atoms with van der Waals surface area (Å²) in [6, 6.07) is -0.00135. The molecule has 0 spiro atoms. The highest BCUT2D eigenvalue weighted by atomic mass is 19.4. The number of nitrogens with one attached hydrogen (secondary N) is 1. The Balaban J connectivity index is 2.46. The second-order valence-electron chi connectivity index (χ2n) is 5.06. The molecule has 0 aromatic heterocycles. The fourth-order valence-corrected chi connectivity index (χ4v) is 2.34. The molecule has 118 valence electrons. The number of rotatable bonds is 6. The predicted octanol–water partition coefficient (Wildman–Crippen LogP) is 0.0534. The summed E-state index contributed by atoms with van der Waals surface area (Å²) >= 11 is 0. The maximum Gasteiger partial charge on any atom is 0.401 e. The minimum absolute atomic E-state index is 0.00135. The van der Waals surface area contributed by atoms with E-state index in [4.69, 9.17) is 5.11 Å². The molecule has 2 N–H and O–H groups in total. The van der Waals surface area contributed by atoms with E-state index in [1.807, 2.05) is 7.05 Å². The first-order valence-electron chi connectivity index (χ1n) is 6.70. The first-order chi connectivity index (χ1) is 9.33. The summed E-state index contributed by atoms with van der Waals surface area (Å²) < 4.78 is 36.1. The summed E-state index contributed by atoms with van der Waals surface area (Å²) in [4.78, 5) is 15.6. The van der Waals surface area contributed by atoms with Crippen LogP contribution in [-0.4, -0.2) is 79.4 Å². The number of piperidine rings is 1. The zero-order valence-corrected chi connectivity index (χ0v) is 11.6. The molecular formula is C12H22F3N3O2. The minimum atomic E-state index is -4.32. The van der Waals surface area contributed by atoms with Crippen molar-refractivity contribution in [3.63, 3.8) is 0 Å². The van der Waals surface area contributed by atoms with E-state index in [2.05, 4.69) is 10.2 Å². The zero-order valence-electron chi connectivity index (χ0n) is 11.6. The molecule has 1 heterocycles. The number of carbonyl (C=O) groups is 1. The monoisotopic (exact) mass is 297 g/mol. The van der Waals surface area contributed by atoms with Gasteiger partial charge in [-0.25, -0.2) is 0 Å². The Morgan fingerprint density at radius 1 is 1.40 bits per heavy atom. The second kappa shape index (κ2) is 7.80. The molecule has 8 heteroatoms. The third-order valence-corrected chi connectivity index (χ3v) is 3.39. The number of alkyl halides is 3. The van der Waals surface area contributed by atoms with Gasteiger partial charge in [-0.3, -0.25) is 4.79 Å². The van der Waals surface area contributed by atoms with Gasteiger partial charge < -0.3 is 20.2 Å². The van der Waals surface area contributed by atoms with Crippen LogP contribution in [0.3, 0.4) is 0 Å². The van der Waals surface area contributed by atoms with Gasteiger partial charge in [0, 0.05) is 12.6 Å². The number of aliphatic hydroxyl groups is 1. The Morgan fingerprint density at radius 3 is 2.50 bits per heavy atom. The highest BCUT2D eigenvalue weighted by Crippen LogP contribution is 2.16. The van der Waals surface area contributed by atoms with Crippen molar-refractivity contribution in [2.24, 2.45) is 0 Å². The fraction of sp³-hybridized carbons (Fsp3) is 0.917. The number of aliphatic hydroxyl groups excluding tert-OH is 1. The van der Waals surface area contributed by atoms with Crippen LogP contribution in [0, 0.1) is 0 Å². The first kappa shape index (κ1) is 17.2. The van der Waals surface area contributed by atoms with Crippen molar-refractivity contribution >= 4 is 5.91 Å². The maximum atomic E-state index is 12.0. The van der Waals surface area contributed by atoms with Gasteiger partial charge in [-0.15, -0.1) is 0 Å². The molecule has 1 aliphatic heterocycles. The van der Waals surface area contributed by atoms with E-state index in [0.29, 0.717) is 0 Å². The third kappa shape index (κ3) is 6.06. The summed E-state index contributed by atoms with van der Waals surface area (Å²) in [5.74, 6) is -0.391. The van der Waals surface area contributed by atoms with Crippen LogP contribution in [0.2, 0.25) is 0 Å². The Bertz CT molecular complexity index is 305. The molecule has 0 aromatic rings. The molecule has 0 bridgehead atoms. The lowest BCUT2D eigenvalue weighted by atomic mass is 10.0. The van der Waals surface area contributed by atoms with Crippen LogP contribution >= 0.6 is 0 Å². The molecule has 1 amide bonds. The summed E-state index contributed by atoms with van der Waals surface area (Å²) in [5, 5.41) is 11.1. The van der Waals surface area contributed by atoms with Crippen molar-refractivity contribution in [2.45, 2.75) is 25.1 Å². The number of halogens is 3. The van der Waals surface area contributed by atoms with Crippen molar-refractivity contribution in [3.05, 3.63) is 0 Å². The first-order valence-corrected chi connectivity index (χ1v) is 6.70. The van der Waals surface area contributed by atoms with Crippen LogP contribution in [-0.2, 0) is 4.79 Å². The molecule has 0 radical (unpaired) electrons. The van der Waals surface area contributed by atoms with Gasteiger partial charge in [-0.05, 0) is 33.0 Å². The number of amides is 1. The van der Waals surface area contributed by atoms with Crippen molar-refractivity contribution < 1.29 is 23.1 Å². The number of nitrogens with zero attached hydrogens (tertiary/aromatic N) is 2. The van der Waals surface area contributed by atoms with E-state index in [1.54, 1.807) is 0 Å². The molecule has 1 fully saturated rings. The Morgan fingerprint density at radius 2 is 2.00 bits per heavy atom. The van der Waals surface area contributed by atoms with Crippen molar-refractivity contribution in [1.82, 2.24) is 15.1 Å². The number of hydrogen-bond donors (Lipinski definition) is 2. The molecular weight excluding hydrogens is 275 g/mol. The van der Waals surface area contributed by atoms with Crippen molar-refractivity contribution in [3.8, 4) is 0 Å². The molecule has 1 aliphatic rings. The Kier molecular flexibility index (Phi) is 6.70. The Labute approximate surface area is 116 Å². The van der Waals surface area contributed by atoms with Crippen LogP contribution in [0.25, 0.3) is 0 Å². The molecule has 0 saturated carbocycles. The summed E-state index contributed by atoms with van der Waals surface area (Å²) in [6.07, 6.45) is -2.77. The zero-order chi connectivity index (χ0) is 15.2. The largest absolute Gasteiger partial charge is 0.401 e. The summed E-state index contributed by atoms with van der Waals surface area (Å²) in [7, 11) is 1.99. The fourth-order valence-electron chi connectivity index (χ4n) is 2.34. The van der Waals surface area contributed by atoms with Crippen molar-refractivity contribution in [1.29, 1.82) is 0 Å². The number of likely N-dealkylation sites (tertiary alicyclic amines) is 1. The molecule has 1 saturated heterocycles.